The molecule has 0 bridgehead atoms. The number of carbonyl (C=O) groups is 1. The summed E-state index contributed by atoms with van der Waals surface area (Å²) in [4.78, 5) is 16.9. The van der Waals surface area contributed by atoms with Gasteiger partial charge in [0.05, 0.1) is 12.5 Å². The average Bonchev–Trinajstić information content (AvgIpc) is 2.63. The molecule has 1 aromatic rings. The summed E-state index contributed by atoms with van der Waals surface area (Å²) in [5.74, 6) is 0.520. The topological polar surface area (TPSA) is 79.5 Å². The molecule has 1 unspecified atom stereocenters. The van der Waals surface area contributed by atoms with Crippen molar-refractivity contribution in [3.8, 4) is 0 Å². The molecule has 0 aliphatic carbocycles. The third kappa shape index (κ3) is 4.83. The number of hydrogen-bond donors (Lipinski definition) is 1. The molecule has 0 aliphatic rings. The van der Waals surface area contributed by atoms with Gasteiger partial charge in [-0.2, -0.15) is 4.98 Å². The number of nitrogens with zero attached hydrogens (tertiary/aromatic N) is 3. The fourth-order valence-electron chi connectivity index (χ4n) is 1.64. The van der Waals surface area contributed by atoms with Crippen LogP contribution < -0.4 is 0 Å². The lowest BCUT2D eigenvalue weighted by Crippen LogP contribution is -2.28. The molecular formula is C12H21N3O3. The summed E-state index contributed by atoms with van der Waals surface area (Å²) in [5, 5.41) is 12.7. The monoisotopic (exact) mass is 255 g/mol. The van der Waals surface area contributed by atoms with Crippen molar-refractivity contribution < 1.29 is 14.4 Å². The van der Waals surface area contributed by atoms with Gasteiger partial charge in [-0.05, 0) is 13.0 Å². The number of aromatic nitrogens is 2. The molecule has 1 heterocycles. The highest BCUT2D eigenvalue weighted by molar-refractivity contribution is 5.69. The highest BCUT2D eigenvalue weighted by Crippen LogP contribution is 2.07. The van der Waals surface area contributed by atoms with Crippen LogP contribution in [0.4, 0.5) is 0 Å². The van der Waals surface area contributed by atoms with Gasteiger partial charge in [-0.1, -0.05) is 25.9 Å². The molecule has 0 aliphatic heterocycles. The maximum Gasteiger partial charge on any atom is 0.307 e. The van der Waals surface area contributed by atoms with Crippen molar-refractivity contribution in [1.82, 2.24) is 15.0 Å². The van der Waals surface area contributed by atoms with Crippen LogP contribution in [0.5, 0.6) is 0 Å². The maximum atomic E-state index is 10.7. The lowest BCUT2D eigenvalue weighted by atomic mass is 10.1. The third-order valence-electron chi connectivity index (χ3n) is 2.51. The first-order valence-electron chi connectivity index (χ1n) is 6.11. The van der Waals surface area contributed by atoms with E-state index in [1.165, 1.54) is 0 Å². The van der Waals surface area contributed by atoms with Crippen LogP contribution in [0.1, 0.15) is 32.5 Å². The van der Waals surface area contributed by atoms with E-state index in [2.05, 4.69) is 24.0 Å². The highest BCUT2D eigenvalue weighted by atomic mass is 16.5. The predicted molar refractivity (Wildman–Crippen MR) is 66.0 cm³/mol. The second kappa shape index (κ2) is 6.49. The van der Waals surface area contributed by atoms with Gasteiger partial charge < -0.3 is 9.63 Å². The molecule has 0 amide bonds. The largest absolute Gasteiger partial charge is 0.481 e. The standard InChI is InChI=1S/C12H21N3O3/c1-8(2)5-10-13-11(18-14-10)7-15(4)6-9(3)12(16)17/h8-9H,5-7H2,1-4H3,(H,16,17). The van der Waals surface area contributed by atoms with Crippen molar-refractivity contribution in [3.63, 3.8) is 0 Å². The first-order chi connectivity index (χ1) is 8.38. The Hall–Kier alpha value is -1.43. The van der Waals surface area contributed by atoms with Gasteiger partial charge in [-0.3, -0.25) is 9.69 Å². The van der Waals surface area contributed by atoms with Crippen LogP contribution in [0.15, 0.2) is 4.52 Å². The molecule has 6 nitrogen and oxygen atoms in total. The van der Waals surface area contributed by atoms with Crippen LogP contribution in [0.3, 0.4) is 0 Å². The molecular weight excluding hydrogens is 234 g/mol. The molecule has 0 saturated carbocycles. The summed E-state index contributed by atoms with van der Waals surface area (Å²) in [6.45, 7) is 6.80. The van der Waals surface area contributed by atoms with Gasteiger partial charge >= 0.3 is 5.97 Å². The molecule has 102 valence electrons. The van der Waals surface area contributed by atoms with Crippen LogP contribution in [0.25, 0.3) is 0 Å². The molecule has 0 spiro atoms. The lowest BCUT2D eigenvalue weighted by molar-refractivity contribution is -0.141. The summed E-state index contributed by atoms with van der Waals surface area (Å²) >= 11 is 0. The minimum Gasteiger partial charge on any atom is -0.481 e. The minimum absolute atomic E-state index is 0.409. The lowest BCUT2D eigenvalue weighted by Gasteiger charge is -2.16. The zero-order chi connectivity index (χ0) is 13.7. The van der Waals surface area contributed by atoms with Crippen molar-refractivity contribution in [3.05, 3.63) is 11.7 Å². The first kappa shape index (κ1) is 14.6. The Labute approximate surface area is 107 Å². The average molecular weight is 255 g/mol. The fourth-order valence-corrected chi connectivity index (χ4v) is 1.64. The number of rotatable bonds is 7. The zero-order valence-corrected chi connectivity index (χ0v) is 11.4. The molecule has 0 saturated heterocycles. The molecule has 1 atom stereocenters. The Morgan fingerprint density at radius 3 is 2.67 bits per heavy atom. The van der Waals surface area contributed by atoms with E-state index in [1.54, 1.807) is 6.92 Å². The summed E-state index contributed by atoms with van der Waals surface area (Å²) < 4.78 is 5.13. The van der Waals surface area contributed by atoms with Gasteiger partial charge in [0.2, 0.25) is 5.89 Å². The van der Waals surface area contributed by atoms with E-state index >= 15 is 0 Å². The smallest absolute Gasteiger partial charge is 0.307 e. The maximum absolute atomic E-state index is 10.7. The normalized spacial score (nSPS) is 13.2. The number of carboxylic acids is 1. The Morgan fingerprint density at radius 1 is 1.44 bits per heavy atom. The van der Waals surface area contributed by atoms with Crippen LogP contribution in [-0.2, 0) is 17.8 Å². The van der Waals surface area contributed by atoms with Crippen LogP contribution in [0.2, 0.25) is 0 Å². The predicted octanol–water partition coefficient (Wildman–Crippen LogP) is 1.42. The van der Waals surface area contributed by atoms with Gasteiger partial charge in [0, 0.05) is 13.0 Å². The first-order valence-corrected chi connectivity index (χ1v) is 6.11. The van der Waals surface area contributed by atoms with E-state index in [0.717, 1.165) is 6.42 Å². The van der Waals surface area contributed by atoms with E-state index in [-0.39, 0.29) is 0 Å². The van der Waals surface area contributed by atoms with Crippen LogP contribution in [-0.4, -0.2) is 39.7 Å². The van der Waals surface area contributed by atoms with E-state index in [4.69, 9.17) is 9.63 Å². The fraction of sp³-hybridized carbons (Fsp3) is 0.750. The van der Waals surface area contributed by atoms with Crippen molar-refractivity contribution in [1.29, 1.82) is 0 Å². The third-order valence-corrected chi connectivity index (χ3v) is 2.51. The molecule has 0 aromatic carbocycles. The Balaban J connectivity index is 2.46. The Bertz CT molecular complexity index is 390. The second-order valence-corrected chi connectivity index (χ2v) is 5.14. The number of carboxylic acid groups (broad SMARTS) is 1. The van der Waals surface area contributed by atoms with Gasteiger partial charge in [0.1, 0.15) is 0 Å². The summed E-state index contributed by atoms with van der Waals surface area (Å²) in [6.07, 6.45) is 0.790. The van der Waals surface area contributed by atoms with Gasteiger partial charge in [0.15, 0.2) is 5.82 Å². The van der Waals surface area contributed by atoms with Gasteiger partial charge in [0.25, 0.3) is 0 Å². The van der Waals surface area contributed by atoms with E-state index in [0.29, 0.717) is 30.7 Å². The zero-order valence-electron chi connectivity index (χ0n) is 11.4. The van der Waals surface area contributed by atoms with Crippen molar-refractivity contribution in [2.75, 3.05) is 13.6 Å². The SMILES string of the molecule is CC(C)Cc1noc(CN(C)CC(C)C(=O)O)n1. The van der Waals surface area contributed by atoms with Crippen LogP contribution >= 0.6 is 0 Å². The molecule has 6 heteroatoms. The van der Waals surface area contributed by atoms with Gasteiger partial charge in [-0.25, -0.2) is 0 Å². The summed E-state index contributed by atoms with van der Waals surface area (Å²) in [6, 6.07) is 0. The summed E-state index contributed by atoms with van der Waals surface area (Å²) in [5.41, 5.74) is 0. The highest BCUT2D eigenvalue weighted by Gasteiger charge is 2.16. The Kier molecular flexibility index (Phi) is 5.27. The van der Waals surface area contributed by atoms with Crippen molar-refractivity contribution in [2.45, 2.75) is 33.7 Å². The molecule has 0 radical (unpaired) electrons. The molecule has 1 N–H and O–H groups in total. The van der Waals surface area contributed by atoms with E-state index < -0.39 is 11.9 Å². The Morgan fingerprint density at radius 2 is 2.11 bits per heavy atom. The molecule has 1 aromatic heterocycles. The van der Waals surface area contributed by atoms with Crippen molar-refractivity contribution in [2.24, 2.45) is 11.8 Å². The number of aliphatic carboxylic acids is 1. The van der Waals surface area contributed by atoms with Crippen LogP contribution in [0, 0.1) is 11.8 Å². The summed E-state index contributed by atoms with van der Waals surface area (Å²) in [7, 11) is 1.84. The second-order valence-electron chi connectivity index (χ2n) is 5.14. The molecule has 18 heavy (non-hydrogen) atoms. The van der Waals surface area contributed by atoms with E-state index in [9.17, 15) is 4.79 Å². The quantitative estimate of drug-likeness (QED) is 0.793. The number of hydrogen-bond acceptors (Lipinski definition) is 5. The van der Waals surface area contributed by atoms with E-state index in [1.807, 2.05) is 11.9 Å². The molecule has 1 rings (SSSR count). The minimum atomic E-state index is -0.798. The molecule has 0 fully saturated rings. The van der Waals surface area contributed by atoms with Crippen molar-refractivity contribution >= 4 is 5.97 Å². The van der Waals surface area contributed by atoms with Gasteiger partial charge in [-0.15, -0.1) is 0 Å².